The van der Waals surface area contributed by atoms with Crippen LogP contribution < -0.4 is 10.1 Å². The van der Waals surface area contributed by atoms with Crippen LogP contribution in [0.1, 0.15) is 30.8 Å². The molecule has 0 fully saturated rings. The third kappa shape index (κ3) is 2.90. The van der Waals surface area contributed by atoms with Crippen LogP contribution in [0.2, 0.25) is 0 Å². The predicted octanol–water partition coefficient (Wildman–Crippen LogP) is 1.31. The van der Waals surface area contributed by atoms with Gasteiger partial charge in [-0.15, -0.1) is 0 Å². The maximum Gasteiger partial charge on any atom is 0.237 e. The van der Waals surface area contributed by atoms with E-state index >= 15 is 0 Å². The number of hydrogen-bond acceptors (Lipinski definition) is 5. The molecule has 0 aliphatic rings. The highest BCUT2D eigenvalue weighted by Crippen LogP contribution is 2.25. The van der Waals surface area contributed by atoms with Gasteiger partial charge in [0, 0.05) is 19.4 Å². The summed E-state index contributed by atoms with van der Waals surface area (Å²) in [6.07, 6.45) is 7.95. The molecule has 6 nitrogen and oxygen atoms in total. The topological polar surface area (TPSA) is 64.9 Å². The lowest BCUT2D eigenvalue weighted by Crippen LogP contribution is -2.26. The van der Waals surface area contributed by atoms with Crippen LogP contribution in [0.5, 0.6) is 5.88 Å². The molecule has 6 heteroatoms. The van der Waals surface area contributed by atoms with Gasteiger partial charge < -0.3 is 14.6 Å². The van der Waals surface area contributed by atoms with E-state index in [2.05, 4.69) is 27.2 Å². The zero-order valence-electron chi connectivity index (χ0n) is 11.5. The third-order valence-corrected chi connectivity index (χ3v) is 2.91. The van der Waals surface area contributed by atoms with Crippen molar-refractivity contribution in [2.75, 3.05) is 13.7 Å². The van der Waals surface area contributed by atoms with Crippen molar-refractivity contribution in [2.45, 2.75) is 19.4 Å². The molecular weight excluding hydrogens is 242 g/mol. The summed E-state index contributed by atoms with van der Waals surface area (Å²) < 4.78 is 7.27. The molecule has 0 aromatic carbocycles. The fourth-order valence-electron chi connectivity index (χ4n) is 1.97. The number of rotatable bonds is 6. The molecule has 1 unspecified atom stereocenters. The Hall–Kier alpha value is -1.95. The first-order valence-corrected chi connectivity index (χ1v) is 6.32. The van der Waals surface area contributed by atoms with E-state index in [4.69, 9.17) is 4.74 Å². The fraction of sp³-hybridized carbons (Fsp3) is 0.462. The van der Waals surface area contributed by atoms with Crippen LogP contribution in [-0.4, -0.2) is 33.2 Å². The van der Waals surface area contributed by atoms with Crippen molar-refractivity contribution in [1.29, 1.82) is 0 Å². The average Bonchev–Trinajstić information content (AvgIpc) is 2.86. The molecule has 0 saturated heterocycles. The van der Waals surface area contributed by atoms with E-state index in [1.54, 1.807) is 25.8 Å². The molecule has 0 bridgehead atoms. The number of hydrogen-bond donors (Lipinski definition) is 1. The van der Waals surface area contributed by atoms with Gasteiger partial charge in [-0.1, -0.05) is 6.92 Å². The molecule has 2 heterocycles. The van der Waals surface area contributed by atoms with Crippen LogP contribution in [0.4, 0.5) is 0 Å². The lowest BCUT2D eigenvalue weighted by atomic mass is 10.1. The van der Waals surface area contributed by atoms with Gasteiger partial charge in [0.1, 0.15) is 5.69 Å². The Morgan fingerprint density at radius 3 is 2.79 bits per heavy atom. The first-order chi connectivity index (χ1) is 9.27. The molecule has 0 aliphatic heterocycles. The van der Waals surface area contributed by atoms with Gasteiger partial charge >= 0.3 is 0 Å². The molecule has 0 saturated carbocycles. The quantitative estimate of drug-likeness (QED) is 0.849. The van der Waals surface area contributed by atoms with Crippen molar-refractivity contribution in [1.82, 2.24) is 24.8 Å². The molecule has 1 N–H and O–H groups in total. The van der Waals surface area contributed by atoms with Crippen molar-refractivity contribution in [3.8, 4) is 5.88 Å². The van der Waals surface area contributed by atoms with Crippen LogP contribution >= 0.6 is 0 Å². The lowest BCUT2D eigenvalue weighted by molar-refractivity contribution is 0.381. The summed E-state index contributed by atoms with van der Waals surface area (Å²) in [5, 5.41) is 3.46. The van der Waals surface area contributed by atoms with E-state index in [1.165, 1.54) is 0 Å². The van der Waals surface area contributed by atoms with Gasteiger partial charge in [0.2, 0.25) is 5.88 Å². The lowest BCUT2D eigenvalue weighted by Gasteiger charge is -2.19. The first-order valence-electron chi connectivity index (χ1n) is 6.32. The molecule has 0 aliphatic carbocycles. The monoisotopic (exact) mass is 261 g/mol. The van der Waals surface area contributed by atoms with Crippen LogP contribution in [0, 0.1) is 0 Å². The molecule has 102 valence electrons. The van der Waals surface area contributed by atoms with E-state index in [0.29, 0.717) is 5.88 Å². The van der Waals surface area contributed by atoms with Gasteiger partial charge in [0.15, 0.2) is 0 Å². The van der Waals surface area contributed by atoms with Crippen molar-refractivity contribution >= 4 is 0 Å². The number of aromatic nitrogens is 4. The standard InChI is InChI=1S/C13H19N5O/c1-4-5-15-11(10-8-14-9-18(10)2)12-13(19-3)17-7-6-16-12/h6-9,11,15H,4-5H2,1-3H3. The van der Waals surface area contributed by atoms with Gasteiger partial charge in [0.25, 0.3) is 0 Å². The molecule has 2 aromatic heterocycles. The smallest absolute Gasteiger partial charge is 0.237 e. The summed E-state index contributed by atoms with van der Waals surface area (Å²) in [4.78, 5) is 12.8. The Kier molecular flexibility index (Phi) is 4.46. The van der Waals surface area contributed by atoms with Crippen molar-refractivity contribution in [2.24, 2.45) is 7.05 Å². The van der Waals surface area contributed by atoms with Gasteiger partial charge in [-0.05, 0) is 13.0 Å². The SMILES string of the molecule is CCCNC(c1nccnc1OC)c1cncn1C. The Balaban J connectivity index is 2.40. The summed E-state index contributed by atoms with van der Waals surface area (Å²) in [7, 11) is 3.57. The third-order valence-electron chi connectivity index (χ3n) is 2.91. The Morgan fingerprint density at radius 1 is 1.37 bits per heavy atom. The van der Waals surface area contributed by atoms with Crippen LogP contribution in [0.3, 0.4) is 0 Å². The Labute approximate surface area is 112 Å². The number of methoxy groups -OCH3 is 1. The minimum Gasteiger partial charge on any atom is -0.480 e. The summed E-state index contributed by atoms with van der Waals surface area (Å²) in [6.45, 7) is 3.01. The molecule has 0 radical (unpaired) electrons. The van der Waals surface area contributed by atoms with Crippen molar-refractivity contribution in [3.63, 3.8) is 0 Å². The second-order valence-electron chi connectivity index (χ2n) is 4.27. The number of nitrogens with zero attached hydrogens (tertiary/aromatic N) is 4. The van der Waals surface area contributed by atoms with Crippen LogP contribution in [-0.2, 0) is 7.05 Å². The highest BCUT2D eigenvalue weighted by atomic mass is 16.5. The molecule has 0 spiro atoms. The van der Waals surface area contributed by atoms with E-state index in [-0.39, 0.29) is 6.04 Å². The van der Waals surface area contributed by atoms with Gasteiger partial charge in [-0.25, -0.2) is 9.97 Å². The van der Waals surface area contributed by atoms with Crippen LogP contribution in [0.25, 0.3) is 0 Å². The Bertz CT molecular complexity index is 525. The fourth-order valence-corrected chi connectivity index (χ4v) is 1.97. The normalized spacial score (nSPS) is 12.4. The minimum atomic E-state index is -0.0731. The highest BCUT2D eigenvalue weighted by Gasteiger charge is 2.22. The summed E-state index contributed by atoms with van der Waals surface area (Å²) in [6, 6.07) is -0.0731. The maximum atomic E-state index is 5.30. The zero-order valence-corrected chi connectivity index (χ0v) is 11.5. The van der Waals surface area contributed by atoms with Gasteiger partial charge in [-0.2, -0.15) is 0 Å². The molecule has 0 amide bonds. The second-order valence-corrected chi connectivity index (χ2v) is 4.27. The summed E-state index contributed by atoms with van der Waals surface area (Å²) >= 11 is 0. The van der Waals surface area contributed by atoms with E-state index in [0.717, 1.165) is 24.4 Å². The van der Waals surface area contributed by atoms with E-state index in [1.807, 2.05) is 17.8 Å². The van der Waals surface area contributed by atoms with Crippen molar-refractivity contribution < 1.29 is 4.74 Å². The Morgan fingerprint density at radius 2 is 2.16 bits per heavy atom. The number of aryl methyl sites for hydroxylation is 1. The largest absolute Gasteiger partial charge is 0.480 e. The average molecular weight is 261 g/mol. The molecule has 19 heavy (non-hydrogen) atoms. The van der Waals surface area contributed by atoms with Gasteiger partial charge in [0.05, 0.1) is 31.4 Å². The van der Waals surface area contributed by atoms with E-state index < -0.39 is 0 Å². The number of nitrogens with one attached hydrogen (secondary N) is 1. The minimum absolute atomic E-state index is 0.0731. The summed E-state index contributed by atoms with van der Waals surface area (Å²) in [5.74, 6) is 0.539. The second kappa shape index (κ2) is 6.29. The number of imidazole rings is 1. The molecular formula is C13H19N5O. The van der Waals surface area contributed by atoms with Gasteiger partial charge in [-0.3, -0.25) is 4.98 Å². The van der Waals surface area contributed by atoms with E-state index in [9.17, 15) is 0 Å². The highest BCUT2D eigenvalue weighted by molar-refractivity contribution is 5.28. The molecule has 2 aromatic rings. The first kappa shape index (κ1) is 13.5. The maximum absolute atomic E-state index is 5.30. The predicted molar refractivity (Wildman–Crippen MR) is 71.9 cm³/mol. The van der Waals surface area contributed by atoms with Crippen LogP contribution in [0.15, 0.2) is 24.9 Å². The molecule has 2 rings (SSSR count). The van der Waals surface area contributed by atoms with Crippen molar-refractivity contribution in [3.05, 3.63) is 36.3 Å². The summed E-state index contributed by atoms with van der Waals surface area (Å²) in [5.41, 5.74) is 1.81. The molecule has 1 atom stereocenters. The number of ether oxygens (including phenoxy) is 1. The zero-order chi connectivity index (χ0) is 13.7.